The van der Waals surface area contributed by atoms with Crippen LogP contribution >= 0.6 is 7.82 Å². The molecule has 14 heteroatoms. The summed E-state index contributed by atoms with van der Waals surface area (Å²) in [5, 5.41) is 74.2. The number of aliphatic hydroxyl groups is 7. The molecule has 8 atom stereocenters. The van der Waals surface area contributed by atoms with Crippen molar-refractivity contribution >= 4 is 13.7 Å². The summed E-state index contributed by atoms with van der Waals surface area (Å²) in [5.74, 6) is -0.593. The molecule has 1 amide bonds. The SMILES string of the molecule is CCCCCCCCCCC/C=C/C(O)C(COP(=O)(O)OC1C(O)C(O)C(O)C(O)C1O)NC(=O)CC(O)CCCCCCCCCCCCCCCC. The summed E-state index contributed by atoms with van der Waals surface area (Å²) >= 11 is 0. The highest BCUT2D eigenvalue weighted by atomic mass is 31.2. The number of amides is 1. The normalized spacial score (nSPS) is 24.5. The van der Waals surface area contributed by atoms with Gasteiger partial charge in [-0.1, -0.05) is 167 Å². The van der Waals surface area contributed by atoms with E-state index in [9.17, 15) is 50.0 Å². The van der Waals surface area contributed by atoms with Crippen molar-refractivity contribution in [1.29, 1.82) is 0 Å². The van der Waals surface area contributed by atoms with Crippen molar-refractivity contribution in [3.05, 3.63) is 12.2 Å². The van der Waals surface area contributed by atoms with Gasteiger partial charge in [0.2, 0.25) is 5.91 Å². The van der Waals surface area contributed by atoms with Crippen LogP contribution in [-0.4, -0.2) is 108 Å². The number of aliphatic hydroxyl groups excluding tert-OH is 7. The van der Waals surface area contributed by atoms with E-state index in [0.29, 0.717) is 12.8 Å². The van der Waals surface area contributed by atoms with Gasteiger partial charge in [0, 0.05) is 0 Å². The molecule has 326 valence electrons. The number of unbranched alkanes of at least 4 members (excludes halogenated alkanes) is 22. The molecule has 1 saturated carbocycles. The monoisotopic (exact) mass is 810 g/mol. The van der Waals surface area contributed by atoms with Crippen molar-refractivity contribution in [1.82, 2.24) is 5.32 Å². The number of phosphoric acid groups is 1. The Morgan fingerprint density at radius 2 is 1.04 bits per heavy atom. The molecule has 1 aliphatic carbocycles. The smallest absolute Gasteiger partial charge is 0.393 e. The van der Waals surface area contributed by atoms with Crippen molar-refractivity contribution in [2.45, 2.75) is 236 Å². The maximum absolute atomic E-state index is 12.9. The maximum Gasteiger partial charge on any atom is 0.472 e. The van der Waals surface area contributed by atoms with Crippen LogP contribution in [0.15, 0.2) is 12.2 Å². The molecule has 1 fully saturated rings. The third-order valence-corrected chi connectivity index (χ3v) is 11.6. The molecule has 0 aromatic rings. The molecule has 9 N–H and O–H groups in total. The maximum atomic E-state index is 12.9. The zero-order valence-electron chi connectivity index (χ0n) is 34.1. The van der Waals surface area contributed by atoms with Gasteiger partial charge in [-0.2, -0.15) is 0 Å². The van der Waals surface area contributed by atoms with Crippen LogP contribution in [0.2, 0.25) is 0 Å². The van der Waals surface area contributed by atoms with Crippen LogP contribution in [0.1, 0.15) is 181 Å². The second kappa shape index (κ2) is 32.0. The number of carbonyl (C=O) groups is 1. The van der Waals surface area contributed by atoms with E-state index in [1.807, 2.05) is 0 Å². The first-order valence-electron chi connectivity index (χ1n) is 21.7. The van der Waals surface area contributed by atoms with Gasteiger partial charge in [0.15, 0.2) is 0 Å². The summed E-state index contributed by atoms with van der Waals surface area (Å²) in [6, 6.07) is -1.23. The molecule has 55 heavy (non-hydrogen) atoms. The molecule has 13 nitrogen and oxygen atoms in total. The Morgan fingerprint density at radius 3 is 1.49 bits per heavy atom. The lowest BCUT2D eigenvalue weighted by molar-refractivity contribution is -0.220. The highest BCUT2D eigenvalue weighted by Crippen LogP contribution is 2.47. The number of carbonyl (C=O) groups excluding carboxylic acids is 1. The Hall–Kier alpha value is -0.960. The average Bonchev–Trinajstić information content (AvgIpc) is 3.15. The van der Waals surface area contributed by atoms with Gasteiger partial charge in [-0.05, 0) is 19.3 Å². The van der Waals surface area contributed by atoms with Gasteiger partial charge < -0.3 is 46.0 Å². The van der Waals surface area contributed by atoms with Gasteiger partial charge >= 0.3 is 7.82 Å². The first-order chi connectivity index (χ1) is 26.3. The first kappa shape index (κ1) is 52.1. The van der Waals surface area contributed by atoms with Crippen LogP contribution in [0, 0.1) is 0 Å². The van der Waals surface area contributed by atoms with E-state index in [1.54, 1.807) is 6.08 Å². The summed E-state index contributed by atoms with van der Waals surface area (Å²) in [5.41, 5.74) is 0. The number of hydrogen-bond acceptors (Lipinski definition) is 11. The third kappa shape index (κ3) is 24.5. The van der Waals surface area contributed by atoms with E-state index in [2.05, 4.69) is 19.2 Å². The molecule has 1 rings (SSSR count). The quantitative estimate of drug-likeness (QED) is 0.0197. The Balaban J connectivity index is 2.58. The van der Waals surface area contributed by atoms with Crippen LogP contribution in [0.4, 0.5) is 0 Å². The third-order valence-electron chi connectivity index (χ3n) is 10.6. The van der Waals surface area contributed by atoms with E-state index >= 15 is 0 Å². The van der Waals surface area contributed by atoms with Crippen LogP contribution in [-0.2, 0) is 18.4 Å². The molecule has 0 radical (unpaired) electrons. The summed E-state index contributed by atoms with van der Waals surface area (Å²) in [6.45, 7) is 3.70. The van der Waals surface area contributed by atoms with E-state index in [1.165, 1.54) is 109 Å². The summed E-state index contributed by atoms with van der Waals surface area (Å²) in [4.78, 5) is 23.3. The minimum absolute atomic E-state index is 0.240. The Bertz CT molecular complexity index is 1010. The molecule has 0 heterocycles. The van der Waals surface area contributed by atoms with Crippen LogP contribution < -0.4 is 5.32 Å². The lowest BCUT2D eigenvalue weighted by Gasteiger charge is -2.41. The fourth-order valence-electron chi connectivity index (χ4n) is 7.00. The van der Waals surface area contributed by atoms with Crippen molar-refractivity contribution in [3.8, 4) is 0 Å². The van der Waals surface area contributed by atoms with Crippen molar-refractivity contribution in [3.63, 3.8) is 0 Å². The molecule has 1 aliphatic rings. The minimum atomic E-state index is -5.13. The number of allylic oxidation sites excluding steroid dienone is 1. The predicted molar refractivity (Wildman–Crippen MR) is 215 cm³/mol. The second-order valence-electron chi connectivity index (χ2n) is 15.7. The number of phosphoric ester groups is 1. The second-order valence-corrected chi connectivity index (χ2v) is 17.1. The Kier molecular flexibility index (Phi) is 30.3. The number of hydrogen-bond donors (Lipinski definition) is 9. The minimum Gasteiger partial charge on any atom is -0.393 e. The largest absolute Gasteiger partial charge is 0.472 e. The van der Waals surface area contributed by atoms with Crippen molar-refractivity contribution in [2.24, 2.45) is 0 Å². The lowest BCUT2D eigenvalue weighted by atomic mass is 9.85. The van der Waals surface area contributed by atoms with E-state index < -0.39 is 75.2 Å². The lowest BCUT2D eigenvalue weighted by Crippen LogP contribution is -2.64. The highest BCUT2D eigenvalue weighted by Gasteiger charge is 2.51. The van der Waals surface area contributed by atoms with E-state index in [0.717, 1.165) is 44.9 Å². The molecule has 0 aromatic heterocycles. The zero-order chi connectivity index (χ0) is 40.9. The standard InChI is InChI=1S/C41H80NO12P/c1-3-5-7-9-11-13-15-16-17-19-20-22-24-26-28-32(43)30-35(45)42-33(34(44)29-27-25-23-21-18-14-12-10-8-6-4-2)31-53-55(51,52)54-41-39(49)37(47)36(46)38(48)40(41)50/h27,29,32-34,36-41,43-44,46-50H,3-26,28,30-31H2,1-2H3,(H,42,45)(H,51,52)/b29-27+. The summed E-state index contributed by atoms with van der Waals surface area (Å²) < 4.78 is 22.8. The van der Waals surface area contributed by atoms with Crippen LogP contribution in [0.3, 0.4) is 0 Å². The van der Waals surface area contributed by atoms with Crippen LogP contribution in [0.25, 0.3) is 0 Å². The topological polar surface area (TPSA) is 226 Å². The molecule has 0 aliphatic heterocycles. The van der Waals surface area contributed by atoms with E-state index in [-0.39, 0.29) is 6.42 Å². The number of nitrogens with one attached hydrogen (secondary N) is 1. The van der Waals surface area contributed by atoms with Gasteiger partial charge in [0.25, 0.3) is 0 Å². The van der Waals surface area contributed by atoms with Gasteiger partial charge in [0.1, 0.15) is 36.6 Å². The molecule has 0 spiro atoms. The van der Waals surface area contributed by atoms with Gasteiger partial charge in [-0.25, -0.2) is 4.57 Å². The summed E-state index contributed by atoms with van der Waals surface area (Å²) in [7, 11) is -5.13. The Morgan fingerprint density at radius 1 is 0.636 bits per heavy atom. The molecular weight excluding hydrogens is 729 g/mol. The van der Waals surface area contributed by atoms with E-state index in [4.69, 9.17) is 9.05 Å². The van der Waals surface area contributed by atoms with Gasteiger partial charge in [-0.3, -0.25) is 13.8 Å². The van der Waals surface area contributed by atoms with Gasteiger partial charge in [-0.15, -0.1) is 0 Å². The molecule has 0 aromatic carbocycles. The fourth-order valence-corrected chi connectivity index (χ4v) is 7.97. The molecule has 8 unspecified atom stereocenters. The predicted octanol–water partition coefficient (Wildman–Crippen LogP) is 6.25. The molecule has 0 bridgehead atoms. The first-order valence-corrected chi connectivity index (χ1v) is 23.2. The Labute approximate surface area is 331 Å². The zero-order valence-corrected chi connectivity index (χ0v) is 35.0. The van der Waals surface area contributed by atoms with Crippen LogP contribution in [0.5, 0.6) is 0 Å². The van der Waals surface area contributed by atoms with Crippen molar-refractivity contribution in [2.75, 3.05) is 6.61 Å². The fraction of sp³-hybridized carbons (Fsp3) is 0.927. The molecule has 0 saturated heterocycles. The summed E-state index contributed by atoms with van der Waals surface area (Å²) in [6.07, 6.45) is 17.4. The molecular formula is C41H80NO12P. The van der Waals surface area contributed by atoms with Gasteiger partial charge in [0.05, 0.1) is 31.3 Å². The van der Waals surface area contributed by atoms with Crippen molar-refractivity contribution < 1.29 is 59.0 Å². The highest BCUT2D eigenvalue weighted by molar-refractivity contribution is 7.47. The average molecular weight is 810 g/mol. The number of rotatable bonds is 35.